The van der Waals surface area contributed by atoms with Gasteiger partial charge in [-0.3, -0.25) is 0 Å². The fraction of sp³-hybridized carbons (Fsp3) is 0.417. The molecule has 1 saturated heterocycles. The van der Waals surface area contributed by atoms with Gasteiger partial charge in [-0.25, -0.2) is 8.42 Å². The molecular weight excluding hydrogens is 252 g/mol. The van der Waals surface area contributed by atoms with Crippen LogP contribution in [0.5, 0.6) is 0 Å². The molecule has 0 spiro atoms. The van der Waals surface area contributed by atoms with Crippen molar-refractivity contribution in [3.8, 4) is 6.07 Å². The van der Waals surface area contributed by atoms with Crippen molar-refractivity contribution >= 4 is 10.0 Å². The van der Waals surface area contributed by atoms with Gasteiger partial charge >= 0.3 is 0 Å². The van der Waals surface area contributed by atoms with Gasteiger partial charge in [0.1, 0.15) is 0 Å². The molecule has 0 aliphatic carbocycles. The molecule has 0 radical (unpaired) electrons. The van der Waals surface area contributed by atoms with Crippen LogP contribution in [0.4, 0.5) is 0 Å². The molecule has 1 heterocycles. The maximum atomic E-state index is 12.3. The Labute approximate surface area is 106 Å². The van der Waals surface area contributed by atoms with Crippen molar-refractivity contribution < 1.29 is 13.5 Å². The Morgan fingerprint density at radius 1 is 1.50 bits per heavy atom. The second kappa shape index (κ2) is 5.06. The van der Waals surface area contributed by atoms with Crippen LogP contribution >= 0.6 is 0 Å². The third-order valence-corrected chi connectivity index (χ3v) is 4.97. The first kappa shape index (κ1) is 13.0. The standard InChI is InChI=1S/C12H14N2O3S/c13-7-10-2-1-3-12(6-10)18(16,17)14-5-4-11(8-14)9-15/h1-3,6,11,15H,4-5,8-9H2. The van der Waals surface area contributed by atoms with Gasteiger partial charge in [-0.05, 0) is 30.5 Å². The summed E-state index contributed by atoms with van der Waals surface area (Å²) in [5.74, 6) is 0.0129. The van der Waals surface area contributed by atoms with E-state index in [-0.39, 0.29) is 17.4 Å². The third-order valence-electron chi connectivity index (χ3n) is 3.11. The number of benzene rings is 1. The fourth-order valence-electron chi connectivity index (χ4n) is 2.04. The molecule has 5 nitrogen and oxygen atoms in total. The third kappa shape index (κ3) is 2.38. The van der Waals surface area contributed by atoms with Crippen molar-refractivity contribution in [3.05, 3.63) is 29.8 Å². The van der Waals surface area contributed by atoms with Gasteiger partial charge in [0, 0.05) is 19.7 Å². The average molecular weight is 266 g/mol. The van der Waals surface area contributed by atoms with Gasteiger partial charge in [0.25, 0.3) is 0 Å². The zero-order valence-electron chi connectivity index (χ0n) is 9.78. The quantitative estimate of drug-likeness (QED) is 0.866. The Morgan fingerprint density at radius 2 is 2.28 bits per heavy atom. The maximum absolute atomic E-state index is 12.3. The summed E-state index contributed by atoms with van der Waals surface area (Å²) >= 11 is 0. The van der Waals surface area contributed by atoms with E-state index in [2.05, 4.69) is 0 Å². The SMILES string of the molecule is N#Cc1cccc(S(=O)(=O)N2CCC(CO)C2)c1. The van der Waals surface area contributed by atoms with E-state index in [4.69, 9.17) is 10.4 Å². The Hall–Kier alpha value is -1.42. The Morgan fingerprint density at radius 3 is 2.89 bits per heavy atom. The smallest absolute Gasteiger partial charge is 0.243 e. The van der Waals surface area contributed by atoms with Gasteiger partial charge in [0.05, 0.1) is 16.5 Å². The van der Waals surface area contributed by atoms with E-state index in [9.17, 15) is 8.42 Å². The van der Waals surface area contributed by atoms with Crippen LogP contribution in [0.2, 0.25) is 0 Å². The Balaban J connectivity index is 2.29. The fourth-order valence-corrected chi connectivity index (χ4v) is 3.62. The highest BCUT2D eigenvalue weighted by Gasteiger charge is 2.32. The lowest BCUT2D eigenvalue weighted by atomic mass is 10.1. The van der Waals surface area contributed by atoms with E-state index in [0.29, 0.717) is 25.1 Å². The highest BCUT2D eigenvalue weighted by Crippen LogP contribution is 2.24. The molecule has 1 aliphatic heterocycles. The molecule has 1 unspecified atom stereocenters. The summed E-state index contributed by atoms with van der Waals surface area (Å²) in [6.07, 6.45) is 0.674. The summed E-state index contributed by atoms with van der Waals surface area (Å²) in [5, 5.41) is 17.8. The summed E-state index contributed by atoms with van der Waals surface area (Å²) in [6.45, 7) is 0.768. The van der Waals surface area contributed by atoms with Crippen LogP contribution in [0.1, 0.15) is 12.0 Å². The van der Waals surface area contributed by atoms with Crippen molar-refractivity contribution in [2.45, 2.75) is 11.3 Å². The highest BCUT2D eigenvalue weighted by atomic mass is 32.2. The molecule has 6 heteroatoms. The van der Waals surface area contributed by atoms with E-state index in [1.165, 1.54) is 16.4 Å². The first-order valence-electron chi connectivity index (χ1n) is 5.69. The molecule has 0 aromatic heterocycles. The molecule has 1 fully saturated rings. The maximum Gasteiger partial charge on any atom is 0.243 e. The minimum Gasteiger partial charge on any atom is -0.396 e. The van der Waals surface area contributed by atoms with Gasteiger partial charge < -0.3 is 5.11 Å². The largest absolute Gasteiger partial charge is 0.396 e. The lowest BCUT2D eigenvalue weighted by Crippen LogP contribution is -2.29. The topological polar surface area (TPSA) is 81.4 Å². The number of nitrogens with zero attached hydrogens (tertiary/aromatic N) is 2. The van der Waals surface area contributed by atoms with Crippen LogP contribution in [-0.4, -0.2) is 37.5 Å². The molecule has 1 aromatic rings. The van der Waals surface area contributed by atoms with Crippen molar-refractivity contribution in [3.63, 3.8) is 0 Å². The minimum atomic E-state index is -3.54. The van der Waals surface area contributed by atoms with Gasteiger partial charge in [-0.2, -0.15) is 9.57 Å². The predicted octanol–water partition coefficient (Wildman–Crippen LogP) is 0.561. The van der Waals surface area contributed by atoms with Crippen molar-refractivity contribution in [1.82, 2.24) is 4.31 Å². The molecule has 1 aromatic carbocycles. The average Bonchev–Trinajstić information content (AvgIpc) is 2.88. The molecular formula is C12H14N2O3S. The van der Waals surface area contributed by atoms with Crippen molar-refractivity contribution in [1.29, 1.82) is 5.26 Å². The summed E-state index contributed by atoms with van der Waals surface area (Å²) in [5.41, 5.74) is 0.328. The summed E-state index contributed by atoms with van der Waals surface area (Å²) < 4.78 is 26.0. The number of aliphatic hydroxyl groups excluding tert-OH is 1. The molecule has 1 N–H and O–H groups in total. The van der Waals surface area contributed by atoms with Crippen LogP contribution in [0.3, 0.4) is 0 Å². The van der Waals surface area contributed by atoms with Crippen LogP contribution in [0.15, 0.2) is 29.2 Å². The second-order valence-electron chi connectivity index (χ2n) is 4.34. The Kier molecular flexibility index (Phi) is 3.66. The molecule has 0 amide bonds. The van der Waals surface area contributed by atoms with E-state index in [1.54, 1.807) is 12.1 Å². The van der Waals surface area contributed by atoms with Crippen LogP contribution < -0.4 is 0 Å². The van der Waals surface area contributed by atoms with Crippen molar-refractivity contribution in [2.24, 2.45) is 5.92 Å². The lowest BCUT2D eigenvalue weighted by Gasteiger charge is -2.16. The predicted molar refractivity (Wildman–Crippen MR) is 65.1 cm³/mol. The molecule has 0 bridgehead atoms. The van der Waals surface area contributed by atoms with Gasteiger partial charge in [-0.1, -0.05) is 6.07 Å². The van der Waals surface area contributed by atoms with Crippen LogP contribution in [0.25, 0.3) is 0 Å². The molecule has 1 atom stereocenters. The van der Waals surface area contributed by atoms with Crippen LogP contribution in [0, 0.1) is 17.2 Å². The monoisotopic (exact) mass is 266 g/mol. The van der Waals surface area contributed by atoms with Gasteiger partial charge in [0.15, 0.2) is 0 Å². The number of nitriles is 1. The highest BCUT2D eigenvalue weighted by molar-refractivity contribution is 7.89. The first-order chi connectivity index (χ1) is 8.57. The van der Waals surface area contributed by atoms with E-state index < -0.39 is 10.0 Å². The zero-order valence-corrected chi connectivity index (χ0v) is 10.6. The molecule has 1 aliphatic rings. The van der Waals surface area contributed by atoms with Gasteiger partial charge in [0.2, 0.25) is 10.0 Å². The van der Waals surface area contributed by atoms with Gasteiger partial charge in [-0.15, -0.1) is 0 Å². The lowest BCUT2D eigenvalue weighted by molar-refractivity contribution is 0.233. The summed E-state index contributed by atoms with van der Waals surface area (Å²) in [6, 6.07) is 7.92. The van der Waals surface area contributed by atoms with Crippen LogP contribution in [-0.2, 0) is 10.0 Å². The number of sulfonamides is 1. The minimum absolute atomic E-state index is 0.00422. The number of aliphatic hydroxyl groups is 1. The normalized spacial score (nSPS) is 20.8. The number of hydrogen-bond donors (Lipinski definition) is 1. The van der Waals surface area contributed by atoms with E-state index >= 15 is 0 Å². The summed E-state index contributed by atoms with van der Waals surface area (Å²) in [7, 11) is -3.54. The van der Waals surface area contributed by atoms with E-state index in [1.807, 2.05) is 6.07 Å². The molecule has 2 rings (SSSR count). The zero-order chi connectivity index (χ0) is 13.2. The second-order valence-corrected chi connectivity index (χ2v) is 6.28. The van der Waals surface area contributed by atoms with Crippen molar-refractivity contribution in [2.75, 3.05) is 19.7 Å². The molecule has 0 saturated carbocycles. The number of hydrogen-bond acceptors (Lipinski definition) is 4. The number of rotatable bonds is 3. The molecule has 18 heavy (non-hydrogen) atoms. The molecule has 96 valence electrons. The summed E-state index contributed by atoms with van der Waals surface area (Å²) in [4.78, 5) is 0.139. The van der Waals surface area contributed by atoms with E-state index in [0.717, 1.165) is 0 Å². The first-order valence-corrected chi connectivity index (χ1v) is 7.13. The Bertz CT molecular complexity index is 577.